The van der Waals surface area contributed by atoms with Crippen molar-refractivity contribution in [3.63, 3.8) is 0 Å². The van der Waals surface area contributed by atoms with Crippen LogP contribution >= 0.6 is 11.8 Å². The standard InChI is InChI=1S/C21H14O2S.C21H14S/c1-12-11-13(2)15-9-10-19-21-17(8-7-14(12)20(15)21)16-5-3-4-6-18(16)24(19,22)23;1-12-11-13(2)15-9-10-19-21-17(8-7-14(12)20(15)21)16-5-3-4-6-18(16)22-19/h3-10H,1-2,11H2;3-10H,1-2,11H2. The molecule has 0 aromatic heterocycles. The maximum atomic E-state index is 13.1. The van der Waals surface area contributed by atoms with Gasteiger partial charge < -0.3 is 0 Å². The Hall–Kier alpha value is -4.90. The molecule has 2 aliphatic heterocycles. The average Bonchev–Trinajstić information content (AvgIpc) is 3.06. The van der Waals surface area contributed by atoms with E-state index in [1.807, 2.05) is 36.0 Å². The number of benzene rings is 6. The Bertz CT molecular complexity index is 2540. The van der Waals surface area contributed by atoms with Crippen molar-refractivity contribution in [3.05, 3.63) is 146 Å². The summed E-state index contributed by atoms with van der Waals surface area (Å²) in [4.78, 5) is 3.46. The summed E-state index contributed by atoms with van der Waals surface area (Å²) in [6.45, 7) is 16.9. The van der Waals surface area contributed by atoms with Gasteiger partial charge in [-0.05, 0) is 109 Å². The highest BCUT2D eigenvalue weighted by atomic mass is 32.2. The first-order chi connectivity index (χ1) is 22.2. The molecule has 0 spiro atoms. The maximum Gasteiger partial charge on any atom is 0.207 e. The van der Waals surface area contributed by atoms with Crippen LogP contribution in [0.25, 0.3) is 66.1 Å². The molecule has 10 rings (SSSR count). The molecule has 2 aliphatic carbocycles. The van der Waals surface area contributed by atoms with Gasteiger partial charge in [-0.2, -0.15) is 0 Å². The highest BCUT2D eigenvalue weighted by molar-refractivity contribution is 7.99. The van der Waals surface area contributed by atoms with E-state index in [2.05, 4.69) is 80.9 Å². The molecule has 0 bridgehead atoms. The first kappa shape index (κ1) is 27.4. The van der Waals surface area contributed by atoms with Crippen LogP contribution in [0.4, 0.5) is 0 Å². The molecule has 0 atom stereocenters. The molecule has 4 heteroatoms. The fourth-order valence-electron chi connectivity index (χ4n) is 7.70. The van der Waals surface area contributed by atoms with Crippen LogP contribution in [0.5, 0.6) is 0 Å². The summed E-state index contributed by atoms with van der Waals surface area (Å²) >= 11 is 1.87. The summed E-state index contributed by atoms with van der Waals surface area (Å²) in [6.07, 6.45) is 1.61. The predicted octanol–water partition coefficient (Wildman–Crippen LogP) is 11.5. The molecule has 220 valence electrons. The van der Waals surface area contributed by atoms with Gasteiger partial charge in [-0.1, -0.05) is 111 Å². The van der Waals surface area contributed by atoms with Crippen LogP contribution in [0.2, 0.25) is 0 Å². The van der Waals surface area contributed by atoms with Crippen molar-refractivity contribution >= 4 is 65.4 Å². The molecule has 46 heavy (non-hydrogen) atoms. The van der Waals surface area contributed by atoms with E-state index >= 15 is 0 Å². The lowest BCUT2D eigenvalue weighted by Crippen LogP contribution is -2.12. The van der Waals surface area contributed by atoms with Gasteiger partial charge in [0.25, 0.3) is 0 Å². The van der Waals surface area contributed by atoms with E-state index in [0.29, 0.717) is 9.79 Å². The predicted molar refractivity (Wildman–Crippen MR) is 194 cm³/mol. The number of hydrogen-bond acceptors (Lipinski definition) is 3. The van der Waals surface area contributed by atoms with E-state index in [9.17, 15) is 8.42 Å². The lowest BCUT2D eigenvalue weighted by atomic mass is 9.81. The van der Waals surface area contributed by atoms with Gasteiger partial charge in [0.15, 0.2) is 0 Å². The molecule has 4 aliphatic rings. The monoisotopic (exact) mass is 628 g/mol. The molecule has 6 aromatic rings. The van der Waals surface area contributed by atoms with E-state index in [-0.39, 0.29) is 0 Å². The third-order valence-electron chi connectivity index (χ3n) is 9.78. The summed E-state index contributed by atoms with van der Waals surface area (Å²) in [5.41, 5.74) is 13.4. The van der Waals surface area contributed by atoms with Crippen LogP contribution in [-0.4, -0.2) is 8.42 Å². The van der Waals surface area contributed by atoms with Gasteiger partial charge in [0.1, 0.15) is 0 Å². The Balaban J connectivity index is 0.000000127. The van der Waals surface area contributed by atoms with E-state index in [0.717, 1.165) is 57.0 Å². The normalized spacial score (nSPS) is 16.1. The van der Waals surface area contributed by atoms with Crippen molar-refractivity contribution in [2.45, 2.75) is 32.4 Å². The van der Waals surface area contributed by atoms with Crippen LogP contribution in [0.1, 0.15) is 35.1 Å². The summed E-state index contributed by atoms with van der Waals surface area (Å²) in [5.74, 6) is 0. The molecule has 0 saturated heterocycles. The molecule has 0 radical (unpaired) electrons. The van der Waals surface area contributed by atoms with E-state index < -0.39 is 9.84 Å². The molecule has 2 heterocycles. The lowest BCUT2D eigenvalue weighted by molar-refractivity contribution is 0.596. The topological polar surface area (TPSA) is 34.1 Å². The Kier molecular flexibility index (Phi) is 5.69. The first-order valence-corrected chi connectivity index (χ1v) is 17.6. The fraction of sp³-hybridized carbons (Fsp3) is 0.0476. The van der Waals surface area contributed by atoms with Crippen molar-refractivity contribution in [1.82, 2.24) is 0 Å². The lowest BCUT2D eigenvalue weighted by Gasteiger charge is -2.27. The van der Waals surface area contributed by atoms with E-state index in [1.54, 1.807) is 18.2 Å². The first-order valence-electron chi connectivity index (χ1n) is 15.3. The second-order valence-electron chi connectivity index (χ2n) is 12.4. The molecule has 6 aromatic carbocycles. The number of rotatable bonds is 0. The summed E-state index contributed by atoms with van der Waals surface area (Å²) in [5, 5.41) is 4.51. The Labute approximate surface area is 273 Å². The van der Waals surface area contributed by atoms with Gasteiger partial charge in [-0.3, -0.25) is 0 Å². The molecule has 0 fully saturated rings. The highest BCUT2D eigenvalue weighted by Crippen LogP contribution is 2.53. The summed E-state index contributed by atoms with van der Waals surface area (Å²) in [6, 6.07) is 32.6. The minimum absolute atomic E-state index is 0.383. The second kappa shape index (κ2) is 9.56. The molecule has 0 unspecified atom stereocenters. The second-order valence-corrected chi connectivity index (χ2v) is 15.4. The Morgan fingerprint density at radius 1 is 0.413 bits per heavy atom. The molecule has 0 amide bonds. The van der Waals surface area contributed by atoms with Gasteiger partial charge >= 0.3 is 0 Å². The largest absolute Gasteiger partial charge is 0.218 e. The van der Waals surface area contributed by atoms with Crippen LogP contribution in [0.15, 0.2) is 143 Å². The number of fused-ring (bicyclic) bond motifs is 4. The number of sulfone groups is 1. The molecule has 2 nitrogen and oxygen atoms in total. The van der Waals surface area contributed by atoms with Gasteiger partial charge in [0.05, 0.1) is 9.79 Å². The van der Waals surface area contributed by atoms with Crippen LogP contribution in [0, 0.1) is 0 Å². The third kappa shape index (κ3) is 3.63. The van der Waals surface area contributed by atoms with Crippen molar-refractivity contribution in [3.8, 4) is 22.3 Å². The SMILES string of the molecule is C=C1CC(=C)c2ccc3c4c(ccc1c24)-c1ccccc1S3(=O)=O.C=C1CC(=C)c2ccc3c4c(ccc1c24)Sc1ccccc1-3. The van der Waals surface area contributed by atoms with Gasteiger partial charge in [0, 0.05) is 26.1 Å². The van der Waals surface area contributed by atoms with E-state index in [4.69, 9.17) is 0 Å². The van der Waals surface area contributed by atoms with Crippen molar-refractivity contribution in [1.29, 1.82) is 0 Å². The van der Waals surface area contributed by atoms with E-state index in [1.165, 1.54) is 54.0 Å². The number of hydrogen-bond donors (Lipinski definition) is 0. The minimum Gasteiger partial charge on any atom is -0.218 e. The van der Waals surface area contributed by atoms with Crippen LogP contribution < -0.4 is 0 Å². The number of allylic oxidation sites excluding steroid dienone is 4. The Morgan fingerprint density at radius 3 is 1.54 bits per heavy atom. The fourth-order valence-corrected chi connectivity index (χ4v) is 10.5. The third-order valence-corrected chi connectivity index (χ3v) is 12.8. The maximum absolute atomic E-state index is 13.1. The zero-order chi connectivity index (χ0) is 31.5. The smallest absolute Gasteiger partial charge is 0.207 e. The minimum atomic E-state index is -3.52. The van der Waals surface area contributed by atoms with Crippen molar-refractivity contribution in [2.75, 3.05) is 0 Å². The molecule has 0 N–H and O–H groups in total. The highest BCUT2D eigenvalue weighted by Gasteiger charge is 2.33. The van der Waals surface area contributed by atoms with Crippen molar-refractivity contribution < 1.29 is 8.42 Å². The summed E-state index contributed by atoms with van der Waals surface area (Å²) < 4.78 is 26.3. The quantitative estimate of drug-likeness (QED) is 0.168. The zero-order valence-electron chi connectivity index (χ0n) is 25.1. The van der Waals surface area contributed by atoms with Crippen LogP contribution in [0.3, 0.4) is 0 Å². The average molecular weight is 629 g/mol. The van der Waals surface area contributed by atoms with Crippen LogP contribution in [-0.2, 0) is 9.84 Å². The molecular formula is C42H28O2S2. The van der Waals surface area contributed by atoms with Gasteiger partial charge in [0.2, 0.25) is 9.84 Å². The Morgan fingerprint density at radius 2 is 0.891 bits per heavy atom. The summed E-state index contributed by atoms with van der Waals surface area (Å²) in [7, 11) is -3.52. The molecular weight excluding hydrogens is 601 g/mol. The zero-order valence-corrected chi connectivity index (χ0v) is 26.7. The van der Waals surface area contributed by atoms with Gasteiger partial charge in [-0.15, -0.1) is 0 Å². The van der Waals surface area contributed by atoms with Gasteiger partial charge in [-0.25, -0.2) is 8.42 Å². The molecule has 0 saturated carbocycles. The van der Waals surface area contributed by atoms with Crippen molar-refractivity contribution in [2.24, 2.45) is 0 Å².